The number of hydrogen-bond acceptors (Lipinski definition) is 3. The Hall–Kier alpha value is -2.59. The first-order valence-corrected chi connectivity index (χ1v) is 9.80. The van der Waals surface area contributed by atoms with E-state index in [1.54, 1.807) is 0 Å². The van der Waals surface area contributed by atoms with Crippen LogP contribution in [-0.4, -0.2) is 37.1 Å². The van der Waals surface area contributed by atoms with Gasteiger partial charge >= 0.3 is 0 Å². The molecule has 2 heterocycles. The fourth-order valence-electron chi connectivity index (χ4n) is 4.67. The largest absolute Gasteiger partial charge is 0.378 e. The van der Waals surface area contributed by atoms with Crippen LogP contribution in [0.4, 0.5) is 5.69 Å². The second-order valence-corrected chi connectivity index (χ2v) is 7.59. The van der Waals surface area contributed by atoms with E-state index in [9.17, 15) is 4.79 Å². The van der Waals surface area contributed by atoms with Crippen molar-refractivity contribution in [3.8, 4) is 0 Å². The summed E-state index contributed by atoms with van der Waals surface area (Å²) in [4.78, 5) is 14.8. The first-order chi connectivity index (χ1) is 13.3. The molecule has 0 radical (unpaired) electrons. The number of carbonyl (C=O) groups excluding carboxylic acids is 1. The number of rotatable bonds is 2. The number of nitrogens with one attached hydrogen (secondary N) is 1. The molecule has 138 valence electrons. The third-order valence-electron chi connectivity index (χ3n) is 6.07. The second-order valence-electron chi connectivity index (χ2n) is 7.59. The molecule has 2 aliphatic heterocycles. The number of allylic oxidation sites excluding steroid dienone is 2. The average Bonchev–Trinajstić information content (AvgIpc) is 3.24. The summed E-state index contributed by atoms with van der Waals surface area (Å²) in [6.45, 7) is 2.61. The molecule has 1 aliphatic carbocycles. The van der Waals surface area contributed by atoms with E-state index in [0.29, 0.717) is 44.2 Å². The van der Waals surface area contributed by atoms with Gasteiger partial charge in [0.2, 0.25) is 0 Å². The molecule has 4 nitrogen and oxygen atoms in total. The number of benzene rings is 2. The van der Waals surface area contributed by atoms with E-state index in [4.69, 9.17) is 4.74 Å². The fraction of sp³-hybridized carbons (Fsp3) is 0.348. The number of nitrogens with zero attached hydrogens (tertiary/aromatic N) is 1. The summed E-state index contributed by atoms with van der Waals surface area (Å²) in [5.41, 5.74) is 4.51. The van der Waals surface area contributed by atoms with Crippen LogP contribution in [0.1, 0.15) is 39.9 Å². The van der Waals surface area contributed by atoms with E-state index in [-0.39, 0.29) is 5.91 Å². The van der Waals surface area contributed by atoms with Crippen LogP contribution in [-0.2, 0) is 4.74 Å². The zero-order valence-corrected chi connectivity index (χ0v) is 15.3. The molecule has 27 heavy (non-hydrogen) atoms. The number of amides is 1. The minimum absolute atomic E-state index is 0.116. The van der Waals surface area contributed by atoms with Gasteiger partial charge < -0.3 is 15.0 Å². The molecule has 0 unspecified atom stereocenters. The predicted octanol–water partition coefficient (Wildman–Crippen LogP) is 3.99. The summed E-state index contributed by atoms with van der Waals surface area (Å²) < 4.78 is 5.37. The number of morpholine rings is 1. The Labute approximate surface area is 159 Å². The van der Waals surface area contributed by atoms with E-state index in [1.807, 2.05) is 11.0 Å². The Morgan fingerprint density at radius 2 is 1.89 bits per heavy atom. The van der Waals surface area contributed by atoms with Gasteiger partial charge in [0.25, 0.3) is 5.91 Å². The SMILES string of the molecule is O=C(c1ccc2c(c1)[C@H]1C=CC[C@@H]1[C@H](c1ccccc1)N2)N1CCOCC1. The standard InChI is InChI=1S/C23H24N2O2/c26-23(25-11-13-27-14-12-25)17-9-10-21-20(15-17)18-7-4-8-19(18)22(24-21)16-5-2-1-3-6-16/h1-7,9-10,15,18-19,22,24H,8,11-14H2/t18-,19-,22-/m0/s1. The normalized spacial score (nSPS) is 26.2. The van der Waals surface area contributed by atoms with Crippen LogP contribution in [0, 0.1) is 5.92 Å². The van der Waals surface area contributed by atoms with E-state index < -0.39 is 0 Å². The summed E-state index contributed by atoms with van der Waals surface area (Å²) in [6, 6.07) is 17.1. The molecule has 1 fully saturated rings. The van der Waals surface area contributed by atoms with Crippen molar-refractivity contribution in [3.63, 3.8) is 0 Å². The van der Waals surface area contributed by atoms with Crippen LogP contribution in [0.5, 0.6) is 0 Å². The van der Waals surface area contributed by atoms with Gasteiger partial charge in [0.05, 0.1) is 19.3 Å². The van der Waals surface area contributed by atoms with Crippen molar-refractivity contribution in [2.24, 2.45) is 5.92 Å². The third-order valence-corrected chi connectivity index (χ3v) is 6.07. The van der Waals surface area contributed by atoms with E-state index in [0.717, 1.165) is 17.7 Å². The molecule has 0 spiro atoms. The Bertz CT molecular complexity index is 871. The van der Waals surface area contributed by atoms with Crippen LogP contribution in [0.2, 0.25) is 0 Å². The quantitative estimate of drug-likeness (QED) is 0.824. The highest BCUT2D eigenvalue weighted by molar-refractivity contribution is 5.95. The molecule has 5 rings (SSSR count). The van der Waals surface area contributed by atoms with Crippen LogP contribution >= 0.6 is 0 Å². The first-order valence-electron chi connectivity index (χ1n) is 9.80. The summed E-state index contributed by atoms with van der Waals surface area (Å²) in [5, 5.41) is 3.75. The van der Waals surface area contributed by atoms with Crippen molar-refractivity contribution in [1.82, 2.24) is 4.90 Å². The molecule has 4 heteroatoms. The van der Waals surface area contributed by atoms with E-state index >= 15 is 0 Å². The van der Waals surface area contributed by atoms with Crippen LogP contribution < -0.4 is 5.32 Å². The van der Waals surface area contributed by atoms with Crippen molar-refractivity contribution >= 4 is 11.6 Å². The molecule has 0 saturated carbocycles. The first kappa shape index (κ1) is 16.6. The second kappa shape index (κ2) is 6.86. The summed E-state index contributed by atoms with van der Waals surface area (Å²) in [5.74, 6) is 0.974. The molecule has 1 amide bonds. The van der Waals surface area contributed by atoms with Gasteiger partial charge in [-0.3, -0.25) is 4.79 Å². The van der Waals surface area contributed by atoms with Gasteiger partial charge in [0.15, 0.2) is 0 Å². The van der Waals surface area contributed by atoms with Crippen molar-refractivity contribution in [2.75, 3.05) is 31.6 Å². The zero-order chi connectivity index (χ0) is 18.2. The van der Waals surface area contributed by atoms with Gasteiger partial charge in [0.1, 0.15) is 0 Å². The van der Waals surface area contributed by atoms with Crippen LogP contribution in [0.15, 0.2) is 60.7 Å². The minimum Gasteiger partial charge on any atom is -0.378 e. The highest BCUT2D eigenvalue weighted by Crippen LogP contribution is 2.49. The zero-order valence-electron chi connectivity index (χ0n) is 15.3. The van der Waals surface area contributed by atoms with Crippen molar-refractivity contribution in [1.29, 1.82) is 0 Å². The van der Waals surface area contributed by atoms with Crippen molar-refractivity contribution in [2.45, 2.75) is 18.4 Å². The molecule has 1 saturated heterocycles. The van der Waals surface area contributed by atoms with Gasteiger partial charge in [-0.2, -0.15) is 0 Å². The Morgan fingerprint density at radius 3 is 2.70 bits per heavy atom. The lowest BCUT2D eigenvalue weighted by molar-refractivity contribution is 0.0303. The molecular weight excluding hydrogens is 336 g/mol. The van der Waals surface area contributed by atoms with E-state index in [2.05, 4.69) is 59.9 Å². The summed E-state index contributed by atoms with van der Waals surface area (Å²) in [7, 11) is 0. The predicted molar refractivity (Wildman–Crippen MR) is 106 cm³/mol. The molecule has 2 aromatic rings. The number of carbonyl (C=O) groups is 1. The topological polar surface area (TPSA) is 41.6 Å². The number of ether oxygens (including phenoxy) is 1. The van der Waals surface area contributed by atoms with Crippen LogP contribution in [0.3, 0.4) is 0 Å². The number of anilines is 1. The molecule has 3 aliphatic rings. The average molecular weight is 360 g/mol. The molecule has 3 atom stereocenters. The molecule has 0 bridgehead atoms. The lowest BCUT2D eigenvalue weighted by atomic mass is 9.76. The van der Waals surface area contributed by atoms with E-state index in [1.165, 1.54) is 11.1 Å². The maximum absolute atomic E-state index is 12.9. The van der Waals surface area contributed by atoms with Gasteiger partial charge in [0, 0.05) is 30.3 Å². The summed E-state index contributed by atoms with van der Waals surface area (Å²) in [6.07, 6.45) is 5.68. The lowest BCUT2D eigenvalue weighted by Gasteiger charge is -2.38. The van der Waals surface area contributed by atoms with Gasteiger partial charge in [-0.05, 0) is 41.7 Å². The molecule has 2 aromatic carbocycles. The molecule has 0 aromatic heterocycles. The minimum atomic E-state index is 0.116. The molecular formula is C23H24N2O2. The maximum Gasteiger partial charge on any atom is 0.254 e. The van der Waals surface area contributed by atoms with Crippen LogP contribution in [0.25, 0.3) is 0 Å². The van der Waals surface area contributed by atoms with Crippen molar-refractivity contribution < 1.29 is 9.53 Å². The number of hydrogen-bond donors (Lipinski definition) is 1. The van der Waals surface area contributed by atoms with Gasteiger partial charge in [-0.25, -0.2) is 0 Å². The Balaban J connectivity index is 1.47. The molecule has 1 N–H and O–H groups in total. The van der Waals surface area contributed by atoms with Gasteiger partial charge in [-0.1, -0.05) is 42.5 Å². The van der Waals surface area contributed by atoms with Gasteiger partial charge in [-0.15, -0.1) is 0 Å². The third kappa shape index (κ3) is 2.94. The smallest absolute Gasteiger partial charge is 0.254 e. The number of fused-ring (bicyclic) bond motifs is 3. The lowest BCUT2D eigenvalue weighted by Crippen LogP contribution is -2.40. The highest BCUT2D eigenvalue weighted by atomic mass is 16.5. The summed E-state index contributed by atoms with van der Waals surface area (Å²) >= 11 is 0. The fourth-order valence-corrected chi connectivity index (χ4v) is 4.67. The Kier molecular flexibility index (Phi) is 4.21. The highest BCUT2D eigenvalue weighted by Gasteiger charge is 2.38. The van der Waals surface area contributed by atoms with Crippen molar-refractivity contribution in [3.05, 3.63) is 77.4 Å². The maximum atomic E-state index is 12.9. The Morgan fingerprint density at radius 1 is 1.07 bits per heavy atom. The monoisotopic (exact) mass is 360 g/mol.